The molecule has 0 atom stereocenters. The highest BCUT2D eigenvalue weighted by Crippen LogP contribution is 2.39. The summed E-state index contributed by atoms with van der Waals surface area (Å²) in [7, 11) is 1.91. The molecule has 0 aliphatic carbocycles. The quantitative estimate of drug-likeness (QED) is 0.533. The van der Waals surface area contributed by atoms with Gasteiger partial charge in [-0.25, -0.2) is 0 Å². The molecule has 0 radical (unpaired) electrons. The van der Waals surface area contributed by atoms with Gasteiger partial charge in [-0.15, -0.1) is 11.3 Å². The molecule has 0 aliphatic rings. The zero-order valence-electron chi connectivity index (χ0n) is 13.1. The van der Waals surface area contributed by atoms with Gasteiger partial charge in [0.15, 0.2) is 0 Å². The Balaban J connectivity index is 2.05. The Kier molecular flexibility index (Phi) is 3.59. The number of phenolic OH excluding ortho intramolecular Hbond substituents is 1. The first-order valence-electron chi connectivity index (χ1n) is 7.68. The third-order valence-corrected chi connectivity index (χ3v) is 5.11. The van der Waals surface area contributed by atoms with Gasteiger partial charge in [-0.3, -0.25) is 4.79 Å². The van der Waals surface area contributed by atoms with Gasteiger partial charge in [-0.2, -0.15) is 0 Å². The van der Waals surface area contributed by atoms with E-state index in [1.165, 1.54) is 16.9 Å². The third-order valence-electron chi connectivity index (χ3n) is 4.20. The van der Waals surface area contributed by atoms with E-state index in [9.17, 15) is 9.90 Å². The van der Waals surface area contributed by atoms with Crippen LogP contribution in [-0.2, 0) is 6.54 Å². The number of benzene rings is 2. The van der Waals surface area contributed by atoms with Crippen LogP contribution in [0.25, 0.3) is 32.1 Å². The van der Waals surface area contributed by atoms with Crippen molar-refractivity contribution in [1.82, 2.24) is 10.3 Å². The van der Waals surface area contributed by atoms with E-state index in [1.807, 2.05) is 42.8 Å². The molecule has 3 N–H and O–H groups in total. The highest BCUT2D eigenvalue weighted by Gasteiger charge is 2.15. The number of thiophene rings is 1. The van der Waals surface area contributed by atoms with E-state index >= 15 is 0 Å². The van der Waals surface area contributed by atoms with Crippen molar-refractivity contribution in [2.75, 3.05) is 7.05 Å². The van der Waals surface area contributed by atoms with Crippen molar-refractivity contribution in [3.05, 3.63) is 63.8 Å². The summed E-state index contributed by atoms with van der Waals surface area (Å²) in [5.41, 5.74) is 3.50. The third kappa shape index (κ3) is 2.29. The van der Waals surface area contributed by atoms with Gasteiger partial charge in [0.2, 0.25) is 0 Å². The molecule has 4 nitrogen and oxygen atoms in total. The maximum absolute atomic E-state index is 12.2. The first kappa shape index (κ1) is 14.9. The number of aromatic hydroxyl groups is 1. The van der Waals surface area contributed by atoms with Crippen LogP contribution in [0.5, 0.6) is 5.75 Å². The van der Waals surface area contributed by atoms with E-state index in [4.69, 9.17) is 0 Å². The predicted octanol–water partition coefficient (Wildman–Crippen LogP) is 3.83. The summed E-state index contributed by atoms with van der Waals surface area (Å²) in [6, 6.07) is 13.4. The number of nitrogens with one attached hydrogen (secondary N) is 2. The van der Waals surface area contributed by atoms with Gasteiger partial charge in [0.1, 0.15) is 10.4 Å². The molecule has 2 aromatic heterocycles. The number of rotatable bonds is 3. The molecule has 0 saturated carbocycles. The van der Waals surface area contributed by atoms with E-state index in [-0.39, 0.29) is 11.3 Å². The second kappa shape index (κ2) is 5.78. The Bertz CT molecular complexity index is 1090. The summed E-state index contributed by atoms with van der Waals surface area (Å²) in [5.74, 6) is 0.211. The highest BCUT2D eigenvalue weighted by atomic mass is 32.1. The smallest absolute Gasteiger partial charge is 0.266 e. The predicted molar refractivity (Wildman–Crippen MR) is 99.8 cm³/mol. The maximum Gasteiger partial charge on any atom is 0.266 e. The molecule has 120 valence electrons. The second-order valence-electron chi connectivity index (χ2n) is 5.73. The molecule has 0 spiro atoms. The molecule has 0 saturated heterocycles. The van der Waals surface area contributed by atoms with E-state index in [0.29, 0.717) is 4.70 Å². The lowest BCUT2D eigenvalue weighted by molar-refractivity contribution is 0.478. The number of pyridine rings is 1. The Labute approximate surface area is 142 Å². The van der Waals surface area contributed by atoms with E-state index in [2.05, 4.69) is 10.3 Å². The van der Waals surface area contributed by atoms with Crippen LogP contribution in [0.3, 0.4) is 0 Å². The van der Waals surface area contributed by atoms with Crippen LogP contribution in [0.15, 0.2) is 52.6 Å². The number of aromatic amines is 1. The number of hydrogen-bond acceptors (Lipinski definition) is 4. The van der Waals surface area contributed by atoms with Crippen LogP contribution in [0.1, 0.15) is 5.56 Å². The van der Waals surface area contributed by atoms with Crippen molar-refractivity contribution < 1.29 is 5.11 Å². The van der Waals surface area contributed by atoms with E-state index in [0.717, 1.165) is 34.0 Å². The number of phenols is 1. The summed E-state index contributed by atoms with van der Waals surface area (Å²) >= 11 is 1.41. The Morgan fingerprint density at radius 1 is 1.12 bits per heavy atom. The first-order chi connectivity index (χ1) is 11.7. The zero-order chi connectivity index (χ0) is 16.7. The first-order valence-corrected chi connectivity index (χ1v) is 8.56. The fourth-order valence-corrected chi connectivity index (χ4v) is 3.92. The molecule has 0 unspecified atom stereocenters. The molecule has 2 aromatic carbocycles. The minimum absolute atomic E-state index is 0.0893. The van der Waals surface area contributed by atoms with Gasteiger partial charge in [0.05, 0.1) is 0 Å². The lowest BCUT2D eigenvalue weighted by Gasteiger charge is -2.11. The van der Waals surface area contributed by atoms with Crippen LogP contribution < -0.4 is 10.9 Å². The van der Waals surface area contributed by atoms with Gasteiger partial charge in [-0.1, -0.05) is 24.3 Å². The summed E-state index contributed by atoms with van der Waals surface area (Å²) < 4.78 is 0.682. The minimum Gasteiger partial charge on any atom is -0.507 e. The van der Waals surface area contributed by atoms with E-state index < -0.39 is 0 Å². The molecule has 0 fully saturated rings. The van der Waals surface area contributed by atoms with Crippen LogP contribution in [0.4, 0.5) is 0 Å². The van der Waals surface area contributed by atoms with Gasteiger partial charge >= 0.3 is 0 Å². The van der Waals surface area contributed by atoms with Gasteiger partial charge in [-0.05, 0) is 41.8 Å². The summed E-state index contributed by atoms with van der Waals surface area (Å²) in [5, 5.41) is 17.3. The zero-order valence-corrected chi connectivity index (χ0v) is 13.9. The van der Waals surface area contributed by atoms with Crippen molar-refractivity contribution in [2.45, 2.75) is 6.54 Å². The molecule has 24 heavy (non-hydrogen) atoms. The van der Waals surface area contributed by atoms with Crippen molar-refractivity contribution in [3.8, 4) is 16.9 Å². The topological polar surface area (TPSA) is 65.1 Å². The molecular weight excluding hydrogens is 320 g/mol. The summed E-state index contributed by atoms with van der Waals surface area (Å²) in [6.07, 6.45) is 0. The van der Waals surface area contributed by atoms with Crippen LogP contribution >= 0.6 is 11.3 Å². The fraction of sp³-hybridized carbons (Fsp3) is 0.105. The Hall–Kier alpha value is -2.63. The molecule has 2 heterocycles. The molecule has 0 amide bonds. The highest BCUT2D eigenvalue weighted by molar-refractivity contribution is 7.17. The molecule has 4 rings (SSSR count). The minimum atomic E-state index is -0.0893. The van der Waals surface area contributed by atoms with Crippen molar-refractivity contribution in [3.63, 3.8) is 0 Å². The molecule has 0 bridgehead atoms. The largest absolute Gasteiger partial charge is 0.507 e. The average molecular weight is 336 g/mol. The van der Waals surface area contributed by atoms with Gasteiger partial charge < -0.3 is 15.4 Å². The number of fused-ring (bicyclic) bond motifs is 3. The summed E-state index contributed by atoms with van der Waals surface area (Å²) in [4.78, 5) is 15.1. The lowest BCUT2D eigenvalue weighted by Crippen LogP contribution is -2.05. The fourth-order valence-electron chi connectivity index (χ4n) is 3.12. The number of H-pyrrole nitrogens is 1. The number of aromatic nitrogens is 1. The van der Waals surface area contributed by atoms with Crippen LogP contribution in [0.2, 0.25) is 0 Å². The normalized spacial score (nSPS) is 11.4. The van der Waals surface area contributed by atoms with Gasteiger partial charge in [0, 0.05) is 28.4 Å². The molecule has 5 heteroatoms. The monoisotopic (exact) mass is 336 g/mol. The van der Waals surface area contributed by atoms with E-state index in [1.54, 1.807) is 12.1 Å². The van der Waals surface area contributed by atoms with Gasteiger partial charge in [0.25, 0.3) is 5.56 Å². The van der Waals surface area contributed by atoms with Crippen LogP contribution in [-0.4, -0.2) is 17.1 Å². The molecule has 0 aliphatic heterocycles. The lowest BCUT2D eigenvalue weighted by atomic mass is 9.96. The number of hydrogen-bond donors (Lipinski definition) is 3. The SMILES string of the molecule is CNCc1ccc(-c2c(O)ccc3[nH]c(=O)c4sccc4c23)cc1. The van der Waals surface area contributed by atoms with Crippen LogP contribution in [0, 0.1) is 0 Å². The average Bonchev–Trinajstić information content (AvgIpc) is 3.07. The molecule has 4 aromatic rings. The Morgan fingerprint density at radius 2 is 1.92 bits per heavy atom. The second-order valence-corrected chi connectivity index (χ2v) is 6.64. The maximum atomic E-state index is 12.2. The van der Waals surface area contributed by atoms with Crippen molar-refractivity contribution in [1.29, 1.82) is 0 Å². The summed E-state index contributed by atoms with van der Waals surface area (Å²) in [6.45, 7) is 0.796. The Morgan fingerprint density at radius 3 is 2.67 bits per heavy atom. The van der Waals surface area contributed by atoms with Crippen molar-refractivity contribution in [2.24, 2.45) is 0 Å². The standard InChI is InChI=1S/C19H16N2O2S/c1-20-10-11-2-4-12(5-3-11)16-15(22)7-6-14-17(16)13-8-9-24-18(13)19(23)21-14/h2-9,20,22H,10H2,1H3,(H,21,23). The molecular formula is C19H16N2O2S. The van der Waals surface area contributed by atoms with Crippen molar-refractivity contribution >= 4 is 32.3 Å².